The molecule has 0 heterocycles. The van der Waals surface area contributed by atoms with E-state index in [1.54, 1.807) is 0 Å². The number of benzene rings is 2. The minimum absolute atomic E-state index is 0.365. The minimum atomic E-state index is -4.40. The molecule has 0 radical (unpaired) electrons. The Morgan fingerprint density at radius 2 is 1.95 bits per heavy atom. The second-order valence-electron chi connectivity index (χ2n) is 4.04. The largest absolute Gasteiger partial charge is 0.408 e. The molecule has 0 amide bonds. The number of hydrogen-bond donors (Lipinski definition) is 1. The predicted molar refractivity (Wildman–Crippen MR) is 77.3 cm³/mol. The van der Waals surface area contributed by atoms with Gasteiger partial charge in [0.05, 0.1) is 0 Å². The van der Waals surface area contributed by atoms with E-state index in [1.165, 1.54) is 0 Å². The maximum Gasteiger partial charge on any atom is 0.408 e. The average molecular weight is 298 g/mol. The number of fused-ring (bicyclic) bond motifs is 1. The van der Waals surface area contributed by atoms with Gasteiger partial charge >= 0.3 is 10.4 Å². The Morgan fingerprint density at radius 1 is 1.21 bits per heavy atom. The third-order valence-electron chi connectivity index (χ3n) is 2.86. The topological polar surface area (TPSA) is 63.6 Å². The first kappa shape index (κ1) is 14.3. The first-order valence-electron chi connectivity index (χ1n) is 5.79. The van der Waals surface area contributed by atoms with Crippen LogP contribution in [-0.4, -0.2) is 13.0 Å². The SMILES string of the molecule is CCc1ccc2ccccc2c1CSOS(=O)(=O)O. The average Bonchev–Trinajstić information content (AvgIpc) is 2.37. The molecule has 0 saturated heterocycles. The molecule has 0 aromatic heterocycles. The highest BCUT2D eigenvalue weighted by atomic mass is 32.3. The summed E-state index contributed by atoms with van der Waals surface area (Å²) in [6.45, 7) is 2.04. The van der Waals surface area contributed by atoms with Crippen molar-refractivity contribution in [1.29, 1.82) is 0 Å². The smallest absolute Gasteiger partial charge is 0.263 e. The van der Waals surface area contributed by atoms with Crippen LogP contribution in [0.4, 0.5) is 0 Å². The molecule has 102 valence electrons. The minimum Gasteiger partial charge on any atom is -0.263 e. The van der Waals surface area contributed by atoms with Crippen molar-refractivity contribution in [3.63, 3.8) is 0 Å². The molecular weight excluding hydrogens is 284 g/mol. The van der Waals surface area contributed by atoms with E-state index in [4.69, 9.17) is 4.55 Å². The number of hydrogen-bond acceptors (Lipinski definition) is 4. The van der Waals surface area contributed by atoms with Gasteiger partial charge in [-0.1, -0.05) is 43.3 Å². The number of rotatable bonds is 5. The van der Waals surface area contributed by atoms with Crippen LogP contribution in [0.15, 0.2) is 36.4 Å². The Morgan fingerprint density at radius 3 is 2.63 bits per heavy atom. The van der Waals surface area contributed by atoms with Crippen molar-refractivity contribution in [3.8, 4) is 0 Å². The number of aryl methyl sites for hydroxylation is 1. The summed E-state index contributed by atoms with van der Waals surface area (Å²) in [5.41, 5.74) is 2.18. The first-order chi connectivity index (χ1) is 9.01. The lowest BCUT2D eigenvalue weighted by molar-refractivity contribution is 0.407. The van der Waals surface area contributed by atoms with Crippen molar-refractivity contribution in [3.05, 3.63) is 47.5 Å². The summed E-state index contributed by atoms with van der Waals surface area (Å²) in [5.74, 6) is 0.365. The highest BCUT2D eigenvalue weighted by Crippen LogP contribution is 2.27. The van der Waals surface area contributed by atoms with Crippen molar-refractivity contribution < 1.29 is 16.6 Å². The Labute approximate surface area is 116 Å². The van der Waals surface area contributed by atoms with E-state index in [1.807, 2.05) is 43.3 Å². The van der Waals surface area contributed by atoms with E-state index < -0.39 is 10.4 Å². The monoisotopic (exact) mass is 298 g/mol. The van der Waals surface area contributed by atoms with Crippen LogP contribution >= 0.6 is 12.0 Å². The van der Waals surface area contributed by atoms with Crippen LogP contribution in [0.25, 0.3) is 10.8 Å². The van der Waals surface area contributed by atoms with Crippen LogP contribution in [0.3, 0.4) is 0 Å². The Kier molecular flexibility index (Phi) is 4.46. The fraction of sp³-hybridized carbons (Fsp3) is 0.231. The third kappa shape index (κ3) is 3.70. The molecule has 0 spiro atoms. The molecule has 0 saturated carbocycles. The summed E-state index contributed by atoms with van der Waals surface area (Å²) in [6.07, 6.45) is 0.854. The first-order valence-corrected chi connectivity index (χ1v) is 8.07. The molecule has 4 nitrogen and oxygen atoms in total. The van der Waals surface area contributed by atoms with Gasteiger partial charge in [0.25, 0.3) is 0 Å². The molecule has 0 aliphatic carbocycles. The van der Waals surface area contributed by atoms with Crippen molar-refractivity contribution in [2.45, 2.75) is 19.1 Å². The molecule has 0 bridgehead atoms. The molecule has 1 N–H and O–H groups in total. The lowest BCUT2D eigenvalue weighted by atomic mass is 9.99. The van der Waals surface area contributed by atoms with Gasteiger partial charge in [-0.2, -0.15) is 12.0 Å². The third-order valence-corrected chi connectivity index (χ3v) is 4.34. The molecule has 2 aromatic carbocycles. The highest BCUT2D eigenvalue weighted by molar-refractivity contribution is 8.02. The van der Waals surface area contributed by atoms with Crippen molar-refractivity contribution in [1.82, 2.24) is 0 Å². The lowest BCUT2D eigenvalue weighted by Crippen LogP contribution is -1.99. The predicted octanol–water partition coefficient (Wildman–Crippen LogP) is 3.37. The zero-order chi connectivity index (χ0) is 13.9. The van der Waals surface area contributed by atoms with E-state index in [0.717, 1.165) is 40.4 Å². The molecule has 0 fully saturated rings. The van der Waals surface area contributed by atoms with E-state index in [-0.39, 0.29) is 0 Å². The molecule has 6 heteroatoms. The fourth-order valence-corrected chi connectivity index (χ4v) is 3.16. The van der Waals surface area contributed by atoms with Crippen LogP contribution in [-0.2, 0) is 26.2 Å². The van der Waals surface area contributed by atoms with E-state index >= 15 is 0 Å². The lowest BCUT2D eigenvalue weighted by Gasteiger charge is -2.11. The molecule has 0 unspecified atom stereocenters. The summed E-state index contributed by atoms with van der Waals surface area (Å²) in [5, 5.41) is 2.18. The fourth-order valence-electron chi connectivity index (χ4n) is 2.03. The van der Waals surface area contributed by atoms with Crippen LogP contribution in [0.1, 0.15) is 18.1 Å². The quantitative estimate of drug-likeness (QED) is 0.677. The Hall–Kier alpha value is -1.08. The standard InChI is InChI=1S/C13H14O4S2/c1-2-10-7-8-11-5-3-4-6-12(11)13(10)9-18-17-19(14,15)16/h3-8H,2,9H2,1H3,(H,14,15,16). The van der Waals surface area contributed by atoms with Crippen LogP contribution < -0.4 is 0 Å². The van der Waals surface area contributed by atoms with Gasteiger partial charge in [0.2, 0.25) is 0 Å². The molecule has 0 atom stereocenters. The van der Waals surface area contributed by atoms with Gasteiger partial charge in [-0.3, -0.25) is 4.55 Å². The van der Waals surface area contributed by atoms with Crippen LogP contribution in [0.2, 0.25) is 0 Å². The van der Waals surface area contributed by atoms with Crippen LogP contribution in [0.5, 0.6) is 0 Å². The van der Waals surface area contributed by atoms with Gasteiger partial charge in [0.15, 0.2) is 0 Å². The van der Waals surface area contributed by atoms with Crippen molar-refractivity contribution in [2.75, 3.05) is 0 Å². The van der Waals surface area contributed by atoms with Gasteiger partial charge in [-0.15, -0.1) is 0 Å². The summed E-state index contributed by atoms with van der Waals surface area (Å²) in [6, 6.07) is 12.0. The molecule has 2 aromatic rings. The van der Waals surface area contributed by atoms with Crippen molar-refractivity contribution in [2.24, 2.45) is 0 Å². The highest BCUT2D eigenvalue weighted by Gasteiger charge is 2.10. The summed E-state index contributed by atoms with van der Waals surface area (Å²) < 4.78 is 34.0. The molecule has 0 aliphatic rings. The summed E-state index contributed by atoms with van der Waals surface area (Å²) in [7, 11) is -4.40. The summed E-state index contributed by atoms with van der Waals surface area (Å²) in [4.78, 5) is 0. The Bertz CT molecular complexity index is 680. The van der Waals surface area contributed by atoms with Gasteiger partial charge < -0.3 is 0 Å². The molecule has 2 rings (SSSR count). The van der Waals surface area contributed by atoms with Gasteiger partial charge in [-0.25, -0.2) is 0 Å². The molecular formula is C13H14O4S2. The Balaban J connectivity index is 2.34. The summed E-state index contributed by atoms with van der Waals surface area (Å²) >= 11 is 0.720. The van der Waals surface area contributed by atoms with E-state index in [2.05, 4.69) is 3.63 Å². The molecule has 19 heavy (non-hydrogen) atoms. The van der Waals surface area contributed by atoms with Crippen LogP contribution in [0, 0.1) is 0 Å². The molecule has 0 aliphatic heterocycles. The normalized spacial score (nSPS) is 11.9. The van der Waals surface area contributed by atoms with Crippen molar-refractivity contribution >= 4 is 33.2 Å². The maximum atomic E-state index is 10.6. The van der Waals surface area contributed by atoms with Gasteiger partial charge in [0.1, 0.15) is 0 Å². The van der Waals surface area contributed by atoms with E-state index in [9.17, 15) is 8.42 Å². The second-order valence-corrected chi connectivity index (χ2v) is 5.96. The second kappa shape index (κ2) is 5.92. The zero-order valence-corrected chi connectivity index (χ0v) is 12.0. The van der Waals surface area contributed by atoms with Gasteiger partial charge in [0, 0.05) is 17.8 Å². The van der Waals surface area contributed by atoms with E-state index in [0.29, 0.717) is 5.75 Å². The maximum absolute atomic E-state index is 10.6. The zero-order valence-electron chi connectivity index (χ0n) is 10.4. The van der Waals surface area contributed by atoms with Gasteiger partial charge in [-0.05, 0) is 28.3 Å².